The minimum Gasteiger partial charge on any atom is -0.324 e. The van der Waals surface area contributed by atoms with Gasteiger partial charge in [0.2, 0.25) is 5.12 Å². The van der Waals surface area contributed by atoms with Crippen LogP contribution in [0.15, 0.2) is 64.9 Å². The average molecular weight is 450 g/mol. The first-order valence-corrected chi connectivity index (χ1v) is 12.0. The third-order valence-electron chi connectivity index (χ3n) is 6.84. The van der Waals surface area contributed by atoms with Gasteiger partial charge in [0.1, 0.15) is 6.33 Å². The molecule has 3 atom stereocenters. The van der Waals surface area contributed by atoms with Crippen LogP contribution in [0.2, 0.25) is 0 Å². The second-order valence-corrected chi connectivity index (χ2v) is 9.85. The summed E-state index contributed by atoms with van der Waals surface area (Å²) < 4.78 is 1.71. The zero-order valence-corrected chi connectivity index (χ0v) is 18.5. The number of carbonyl (C=O) groups excluding carboxylic acids is 2. The van der Waals surface area contributed by atoms with Gasteiger partial charge in [0.05, 0.1) is 0 Å². The van der Waals surface area contributed by atoms with E-state index in [4.69, 9.17) is 0 Å². The maximum atomic E-state index is 13.9. The number of benzene rings is 2. The van der Waals surface area contributed by atoms with Crippen LogP contribution in [0.25, 0.3) is 0 Å². The van der Waals surface area contributed by atoms with Gasteiger partial charge in [0, 0.05) is 28.6 Å². The van der Waals surface area contributed by atoms with Gasteiger partial charge in [-0.1, -0.05) is 30.3 Å². The number of rotatable bonds is 2. The van der Waals surface area contributed by atoms with Gasteiger partial charge in [-0.25, -0.2) is 9.67 Å². The molecule has 0 saturated carbocycles. The smallest absolute Gasteiger partial charge is 0.252 e. The van der Waals surface area contributed by atoms with Crippen molar-refractivity contribution in [3.8, 4) is 0 Å². The Bertz CT molecular complexity index is 1240. The van der Waals surface area contributed by atoms with Crippen LogP contribution in [0.4, 0.5) is 5.69 Å². The van der Waals surface area contributed by atoms with Gasteiger partial charge < -0.3 is 5.32 Å². The third kappa shape index (κ3) is 2.11. The first-order chi connectivity index (χ1) is 15.0. The van der Waals surface area contributed by atoms with Crippen LogP contribution in [0.5, 0.6) is 0 Å². The van der Waals surface area contributed by atoms with Crippen LogP contribution < -0.4 is 5.32 Å². The van der Waals surface area contributed by atoms with Gasteiger partial charge in [-0.2, -0.15) is 5.10 Å². The number of amides is 1. The number of para-hydroxylation sites is 1. The van der Waals surface area contributed by atoms with Crippen molar-refractivity contribution >= 4 is 40.2 Å². The van der Waals surface area contributed by atoms with Crippen LogP contribution >= 0.6 is 23.5 Å². The van der Waals surface area contributed by atoms with Gasteiger partial charge in [0.15, 0.2) is 16.2 Å². The number of thioether (sulfide) groups is 2. The van der Waals surface area contributed by atoms with Gasteiger partial charge in [-0.05, 0) is 48.8 Å². The van der Waals surface area contributed by atoms with E-state index in [2.05, 4.69) is 39.7 Å². The van der Waals surface area contributed by atoms with Crippen LogP contribution in [0, 0.1) is 0 Å². The van der Waals surface area contributed by atoms with Crippen molar-refractivity contribution in [3.05, 3.63) is 66.0 Å². The molecule has 1 amide bonds. The lowest BCUT2D eigenvalue weighted by molar-refractivity contribution is -0.138. The van der Waals surface area contributed by atoms with E-state index in [1.165, 1.54) is 6.33 Å². The fraction of sp³-hybridized carbons (Fsp3) is 0.273. The molecular weight excluding hydrogens is 430 g/mol. The molecule has 0 bridgehead atoms. The largest absolute Gasteiger partial charge is 0.324 e. The predicted molar refractivity (Wildman–Crippen MR) is 119 cm³/mol. The number of nitrogens with zero attached hydrogens (tertiary/aromatic N) is 4. The molecule has 2 aromatic carbocycles. The topological polar surface area (TPSA) is 80.1 Å². The van der Waals surface area contributed by atoms with E-state index in [0.29, 0.717) is 11.7 Å². The Morgan fingerprint density at radius 2 is 1.94 bits per heavy atom. The van der Waals surface area contributed by atoms with Crippen LogP contribution in [0.1, 0.15) is 17.0 Å². The molecule has 1 fully saturated rings. The highest BCUT2D eigenvalue weighted by Crippen LogP contribution is 2.64. The van der Waals surface area contributed by atoms with Gasteiger partial charge in [0.25, 0.3) is 5.91 Å². The average Bonchev–Trinajstić information content (AvgIpc) is 3.49. The van der Waals surface area contributed by atoms with Crippen molar-refractivity contribution in [1.82, 2.24) is 19.7 Å². The molecule has 3 aliphatic heterocycles. The Morgan fingerprint density at radius 3 is 2.71 bits per heavy atom. The number of likely N-dealkylation sites (tertiary alicyclic amines) is 1. The van der Waals surface area contributed by atoms with Crippen molar-refractivity contribution in [2.24, 2.45) is 0 Å². The van der Waals surface area contributed by atoms with E-state index in [1.54, 1.807) is 16.4 Å². The highest BCUT2D eigenvalue weighted by molar-refractivity contribution is 8.14. The normalized spacial score (nSPS) is 29.0. The van der Waals surface area contributed by atoms with Crippen molar-refractivity contribution in [2.75, 3.05) is 25.2 Å². The summed E-state index contributed by atoms with van der Waals surface area (Å²) in [6.07, 6.45) is 3.50. The summed E-state index contributed by atoms with van der Waals surface area (Å²) in [6, 6.07) is 15.9. The molecule has 1 saturated heterocycles. The van der Waals surface area contributed by atoms with Crippen molar-refractivity contribution in [1.29, 1.82) is 0 Å². The molecule has 9 heteroatoms. The lowest BCUT2D eigenvalue weighted by atomic mass is 9.68. The molecule has 4 heterocycles. The number of hydrogen-bond donors (Lipinski definition) is 1. The molecule has 156 valence electrons. The number of fused-ring (bicyclic) bond motifs is 5. The van der Waals surface area contributed by atoms with E-state index in [-0.39, 0.29) is 16.9 Å². The van der Waals surface area contributed by atoms with Gasteiger partial charge >= 0.3 is 0 Å². The lowest BCUT2D eigenvalue weighted by Gasteiger charge is -2.42. The third-order valence-corrected chi connectivity index (χ3v) is 8.54. The molecule has 3 aromatic rings. The summed E-state index contributed by atoms with van der Waals surface area (Å²) in [5.74, 6) is -0.468. The summed E-state index contributed by atoms with van der Waals surface area (Å²) in [6.45, 7) is 0.534. The summed E-state index contributed by atoms with van der Waals surface area (Å²) >= 11 is 2.75. The number of carbonyl (C=O) groups is 2. The molecule has 0 unspecified atom stereocenters. The van der Waals surface area contributed by atoms with E-state index >= 15 is 0 Å². The summed E-state index contributed by atoms with van der Waals surface area (Å²) in [5.41, 5.74) is 0.105. The molecule has 1 aromatic heterocycles. The van der Waals surface area contributed by atoms with E-state index in [9.17, 15) is 9.59 Å². The van der Waals surface area contributed by atoms with Crippen molar-refractivity contribution in [2.45, 2.75) is 27.0 Å². The minimum atomic E-state index is -1.24. The second-order valence-electron chi connectivity index (χ2n) is 8.03. The van der Waals surface area contributed by atoms with Gasteiger partial charge in [-0.3, -0.25) is 14.5 Å². The van der Waals surface area contributed by atoms with Crippen LogP contribution in [0.3, 0.4) is 0 Å². The zero-order chi connectivity index (χ0) is 21.4. The minimum absolute atomic E-state index is 0.0988. The van der Waals surface area contributed by atoms with Crippen LogP contribution in [-0.4, -0.2) is 50.5 Å². The SMILES string of the molecule is CSc1ccc([C@@H]2CN(C)[C@@]3(C(=O)Nc4ccccc43)[C@@]23C(=O)Sc2ncnn23)cc1. The highest BCUT2D eigenvalue weighted by Gasteiger charge is 2.77. The predicted octanol–water partition coefficient (Wildman–Crippen LogP) is 2.90. The number of likely N-dealkylation sites (N-methyl/N-ethyl adjacent to an activating group) is 1. The molecule has 6 rings (SSSR count). The van der Waals surface area contributed by atoms with Crippen molar-refractivity contribution in [3.63, 3.8) is 0 Å². The maximum Gasteiger partial charge on any atom is 0.252 e. The molecule has 1 N–H and O–H groups in total. The molecule has 3 aliphatic rings. The monoisotopic (exact) mass is 449 g/mol. The maximum absolute atomic E-state index is 13.9. The highest BCUT2D eigenvalue weighted by atomic mass is 32.2. The Labute approximate surface area is 187 Å². The zero-order valence-electron chi connectivity index (χ0n) is 16.9. The van der Waals surface area contributed by atoms with Crippen LogP contribution in [-0.2, 0) is 20.7 Å². The van der Waals surface area contributed by atoms with E-state index in [0.717, 1.165) is 33.5 Å². The Balaban J connectivity index is 1.68. The number of aromatic nitrogens is 3. The second kappa shape index (κ2) is 6.44. The Hall–Kier alpha value is -2.62. The first kappa shape index (κ1) is 19.1. The molecule has 0 aliphatic carbocycles. The molecule has 31 heavy (non-hydrogen) atoms. The Morgan fingerprint density at radius 1 is 1.16 bits per heavy atom. The number of anilines is 1. The van der Waals surface area contributed by atoms with E-state index in [1.807, 2.05) is 42.5 Å². The molecule has 7 nitrogen and oxygen atoms in total. The van der Waals surface area contributed by atoms with E-state index < -0.39 is 11.1 Å². The lowest BCUT2D eigenvalue weighted by Crippen LogP contribution is -2.62. The summed E-state index contributed by atoms with van der Waals surface area (Å²) in [7, 11) is 1.92. The number of hydrogen-bond acceptors (Lipinski definition) is 7. The number of nitrogens with one attached hydrogen (secondary N) is 1. The molecular formula is C22H19N5O2S2. The first-order valence-electron chi connectivity index (χ1n) is 9.94. The van der Waals surface area contributed by atoms with Gasteiger partial charge in [-0.15, -0.1) is 11.8 Å². The fourth-order valence-corrected chi connectivity index (χ4v) is 7.13. The Kier molecular flexibility index (Phi) is 3.97. The summed E-state index contributed by atoms with van der Waals surface area (Å²) in [4.78, 5) is 35.2. The fourth-order valence-electron chi connectivity index (χ4n) is 5.65. The molecule has 2 spiro atoms. The summed E-state index contributed by atoms with van der Waals surface area (Å²) in [5, 5.41) is 7.98. The standard InChI is InChI=1S/C22H19N5O2S2/c1-26-11-16(13-7-9-14(30-2)10-8-13)22(19(29)31-20-23-12-24-27(20)22)21(26)15-5-3-4-6-17(15)25-18(21)28/h3-10,12,16H,11H2,1-2H3,(H,25,28)/t16-,21-,22-/m0/s1. The van der Waals surface area contributed by atoms with Crippen molar-refractivity contribution < 1.29 is 9.59 Å². The molecule has 0 radical (unpaired) electrons. The quantitative estimate of drug-likeness (QED) is 0.603.